The number of aliphatic hydroxyl groups excluding tert-OH is 1. The number of anilines is 1. The van der Waals surface area contributed by atoms with Crippen LogP contribution in [0.25, 0.3) is 11.5 Å². The van der Waals surface area contributed by atoms with Crippen LogP contribution >= 0.6 is 0 Å². The highest BCUT2D eigenvalue weighted by atomic mass is 16.5. The summed E-state index contributed by atoms with van der Waals surface area (Å²) in [6, 6.07) is 16.3. The molecule has 1 heterocycles. The van der Waals surface area contributed by atoms with Gasteiger partial charge in [0, 0.05) is 17.8 Å². The minimum Gasteiger partial charge on any atom is -0.452 e. The SMILES string of the molecule is O=C(OCc1nnc(-c2ccccc2)o1)c1ccccc1NCCO. The second kappa shape index (κ2) is 8.07. The molecule has 0 unspecified atom stereocenters. The van der Waals surface area contributed by atoms with Gasteiger partial charge < -0.3 is 19.6 Å². The summed E-state index contributed by atoms with van der Waals surface area (Å²) in [6.07, 6.45) is 0. The van der Waals surface area contributed by atoms with Gasteiger partial charge in [-0.05, 0) is 24.3 Å². The number of hydrogen-bond acceptors (Lipinski definition) is 7. The first-order chi connectivity index (χ1) is 12.3. The molecule has 2 N–H and O–H groups in total. The van der Waals surface area contributed by atoms with Gasteiger partial charge >= 0.3 is 5.97 Å². The summed E-state index contributed by atoms with van der Waals surface area (Å²) in [6.45, 7) is 0.190. The molecule has 3 rings (SSSR count). The molecular formula is C18H17N3O4. The van der Waals surface area contributed by atoms with Crippen LogP contribution in [-0.2, 0) is 11.3 Å². The number of ether oxygens (including phenoxy) is 1. The Balaban J connectivity index is 1.64. The van der Waals surface area contributed by atoms with Gasteiger partial charge in [0.05, 0.1) is 12.2 Å². The number of hydrogen-bond donors (Lipinski definition) is 2. The third-order valence-electron chi connectivity index (χ3n) is 3.39. The maximum Gasteiger partial charge on any atom is 0.340 e. The van der Waals surface area contributed by atoms with Crippen LogP contribution < -0.4 is 5.32 Å². The number of esters is 1. The number of benzene rings is 2. The number of aliphatic hydroxyl groups is 1. The highest BCUT2D eigenvalue weighted by Gasteiger charge is 2.15. The lowest BCUT2D eigenvalue weighted by atomic mass is 10.2. The van der Waals surface area contributed by atoms with Crippen molar-refractivity contribution in [2.24, 2.45) is 0 Å². The monoisotopic (exact) mass is 339 g/mol. The first-order valence-electron chi connectivity index (χ1n) is 7.76. The van der Waals surface area contributed by atoms with Crippen molar-refractivity contribution in [2.45, 2.75) is 6.61 Å². The van der Waals surface area contributed by atoms with Crippen molar-refractivity contribution in [1.82, 2.24) is 10.2 Å². The lowest BCUT2D eigenvalue weighted by Gasteiger charge is -2.10. The van der Waals surface area contributed by atoms with E-state index >= 15 is 0 Å². The number of nitrogens with zero attached hydrogens (tertiary/aromatic N) is 2. The van der Waals surface area contributed by atoms with Crippen molar-refractivity contribution in [3.05, 3.63) is 66.1 Å². The molecule has 0 fully saturated rings. The molecule has 0 aliphatic rings. The van der Waals surface area contributed by atoms with Crippen LogP contribution in [0.2, 0.25) is 0 Å². The quantitative estimate of drug-likeness (QED) is 0.638. The van der Waals surface area contributed by atoms with Gasteiger partial charge in [0.15, 0.2) is 6.61 Å². The van der Waals surface area contributed by atoms with Gasteiger partial charge in [-0.1, -0.05) is 30.3 Å². The number of rotatable bonds is 7. The molecule has 7 nitrogen and oxygen atoms in total. The molecule has 0 aliphatic carbocycles. The third kappa shape index (κ3) is 4.21. The summed E-state index contributed by atoms with van der Waals surface area (Å²) in [5, 5.41) is 19.7. The average molecular weight is 339 g/mol. The first kappa shape index (κ1) is 16.7. The van der Waals surface area contributed by atoms with Gasteiger partial charge in [-0.3, -0.25) is 0 Å². The Labute approximate surface area is 144 Å². The van der Waals surface area contributed by atoms with E-state index in [2.05, 4.69) is 15.5 Å². The van der Waals surface area contributed by atoms with Gasteiger partial charge in [-0.2, -0.15) is 0 Å². The van der Waals surface area contributed by atoms with Gasteiger partial charge in [-0.15, -0.1) is 10.2 Å². The van der Waals surface area contributed by atoms with Crippen molar-refractivity contribution < 1.29 is 19.1 Å². The Hall–Kier alpha value is -3.19. The van der Waals surface area contributed by atoms with Crippen molar-refractivity contribution in [1.29, 1.82) is 0 Å². The standard InChI is InChI=1S/C18H17N3O4/c22-11-10-19-15-9-5-4-8-14(15)18(23)24-12-16-20-21-17(25-16)13-6-2-1-3-7-13/h1-9,19,22H,10-12H2. The Bertz CT molecular complexity index is 833. The van der Waals surface area contributed by atoms with Crippen LogP contribution in [0.3, 0.4) is 0 Å². The minimum absolute atomic E-state index is 0.0341. The fourth-order valence-electron chi connectivity index (χ4n) is 2.22. The third-order valence-corrected chi connectivity index (χ3v) is 3.39. The number of carbonyl (C=O) groups excluding carboxylic acids is 1. The fraction of sp³-hybridized carbons (Fsp3) is 0.167. The smallest absolute Gasteiger partial charge is 0.340 e. The maximum absolute atomic E-state index is 12.3. The Morgan fingerprint density at radius 1 is 1.08 bits per heavy atom. The minimum atomic E-state index is -0.513. The molecule has 0 amide bonds. The highest BCUT2D eigenvalue weighted by molar-refractivity contribution is 5.95. The maximum atomic E-state index is 12.3. The Kier molecular flexibility index (Phi) is 5.38. The molecular weight excluding hydrogens is 322 g/mol. The van der Waals surface area contributed by atoms with E-state index in [1.54, 1.807) is 24.3 Å². The molecule has 128 valence electrons. The van der Waals surface area contributed by atoms with Gasteiger partial charge in [0.25, 0.3) is 5.89 Å². The molecule has 25 heavy (non-hydrogen) atoms. The molecule has 3 aromatic rings. The van der Waals surface area contributed by atoms with E-state index in [0.717, 1.165) is 5.56 Å². The van der Waals surface area contributed by atoms with E-state index in [9.17, 15) is 4.79 Å². The summed E-state index contributed by atoms with van der Waals surface area (Å²) in [7, 11) is 0. The van der Waals surface area contributed by atoms with Crippen molar-refractivity contribution in [3.8, 4) is 11.5 Å². The van der Waals surface area contributed by atoms with Crippen LogP contribution in [0.1, 0.15) is 16.2 Å². The average Bonchev–Trinajstić information content (AvgIpc) is 3.14. The second-order valence-corrected chi connectivity index (χ2v) is 5.14. The Morgan fingerprint density at radius 2 is 1.84 bits per heavy atom. The van der Waals surface area contributed by atoms with E-state index in [0.29, 0.717) is 23.7 Å². The zero-order valence-electron chi connectivity index (χ0n) is 13.4. The number of para-hydroxylation sites is 1. The second-order valence-electron chi connectivity index (χ2n) is 5.14. The molecule has 0 aliphatic heterocycles. The van der Waals surface area contributed by atoms with Crippen molar-refractivity contribution >= 4 is 11.7 Å². The largest absolute Gasteiger partial charge is 0.452 e. The van der Waals surface area contributed by atoms with Crippen LogP contribution in [-0.4, -0.2) is 34.4 Å². The number of carbonyl (C=O) groups is 1. The van der Waals surface area contributed by atoms with Crippen LogP contribution in [0.5, 0.6) is 0 Å². The number of nitrogens with one attached hydrogen (secondary N) is 1. The van der Waals surface area contributed by atoms with Crippen LogP contribution in [0, 0.1) is 0 Å². The molecule has 1 aromatic heterocycles. The lowest BCUT2D eigenvalue weighted by molar-refractivity contribution is 0.0440. The van der Waals surface area contributed by atoms with Crippen LogP contribution in [0.4, 0.5) is 5.69 Å². The van der Waals surface area contributed by atoms with Gasteiger partial charge in [-0.25, -0.2) is 4.79 Å². The zero-order valence-corrected chi connectivity index (χ0v) is 13.4. The molecule has 7 heteroatoms. The molecule has 0 bridgehead atoms. The summed E-state index contributed by atoms with van der Waals surface area (Å²) in [5.74, 6) is 0.0742. The fourth-order valence-corrected chi connectivity index (χ4v) is 2.22. The van der Waals surface area contributed by atoms with Gasteiger partial charge in [0.2, 0.25) is 5.89 Å². The summed E-state index contributed by atoms with van der Waals surface area (Å²) in [5.41, 5.74) is 1.77. The highest BCUT2D eigenvalue weighted by Crippen LogP contribution is 2.19. The topological polar surface area (TPSA) is 97.5 Å². The first-order valence-corrected chi connectivity index (χ1v) is 7.76. The van der Waals surface area contributed by atoms with E-state index in [-0.39, 0.29) is 19.1 Å². The predicted molar refractivity (Wildman–Crippen MR) is 90.9 cm³/mol. The van der Waals surface area contributed by atoms with E-state index in [1.807, 2.05) is 30.3 Å². The van der Waals surface area contributed by atoms with Crippen molar-refractivity contribution in [2.75, 3.05) is 18.5 Å². The molecule has 0 radical (unpaired) electrons. The predicted octanol–water partition coefficient (Wildman–Crippen LogP) is 2.50. The summed E-state index contributed by atoms with van der Waals surface area (Å²) in [4.78, 5) is 12.3. The van der Waals surface area contributed by atoms with E-state index in [1.165, 1.54) is 0 Å². The van der Waals surface area contributed by atoms with E-state index in [4.69, 9.17) is 14.3 Å². The molecule has 2 aromatic carbocycles. The normalized spacial score (nSPS) is 10.4. The molecule has 0 atom stereocenters. The summed E-state index contributed by atoms with van der Waals surface area (Å²) >= 11 is 0. The number of aromatic nitrogens is 2. The van der Waals surface area contributed by atoms with Gasteiger partial charge in [0.1, 0.15) is 0 Å². The van der Waals surface area contributed by atoms with Crippen LogP contribution in [0.15, 0.2) is 59.0 Å². The van der Waals surface area contributed by atoms with E-state index < -0.39 is 5.97 Å². The molecule has 0 spiro atoms. The van der Waals surface area contributed by atoms with Crippen molar-refractivity contribution in [3.63, 3.8) is 0 Å². The Morgan fingerprint density at radius 3 is 2.64 bits per heavy atom. The zero-order chi connectivity index (χ0) is 17.5. The molecule has 0 saturated heterocycles. The lowest BCUT2D eigenvalue weighted by Crippen LogP contribution is -2.12. The summed E-state index contributed by atoms with van der Waals surface area (Å²) < 4.78 is 10.7. The molecule has 0 saturated carbocycles.